The van der Waals surface area contributed by atoms with Gasteiger partial charge in [-0.2, -0.15) is 0 Å². The Kier molecular flexibility index (Phi) is 4.58. The fourth-order valence-corrected chi connectivity index (χ4v) is 5.33. The summed E-state index contributed by atoms with van der Waals surface area (Å²) in [6.45, 7) is 3.01. The number of nitrogens with one attached hydrogen (secondary N) is 1. The quantitative estimate of drug-likeness (QED) is 0.840. The van der Waals surface area contributed by atoms with Crippen LogP contribution < -0.4 is 5.32 Å². The Labute approximate surface area is 146 Å². The predicted molar refractivity (Wildman–Crippen MR) is 95.2 cm³/mol. The van der Waals surface area contributed by atoms with E-state index in [1.165, 1.54) is 10.4 Å². The summed E-state index contributed by atoms with van der Waals surface area (Å²) >= 11 is 7.97. The van der Waals surface area contributed by atoms with Crippen molar-refractivity contribution in [3.8, 4) is 0 Å². The molecule has 4 heterocycles. The van der Waals surface area contributed by atoms with E-state index >= 15 is 0 Å². The number of halogens is 1. The summed E-state index contributed by atoms with van der Waals surface area (Å²) in [4.78, 5) is 5.87. The van der Waals surface area contributed by atoms with Crippen molar-refractivity contribution in [2.24, 2.45) is 7.05 Å². The van der Waals surface area contributed by atoms with E-state index < -0.39 is 0 Å². The molecule has 2 aromatic rings. The third kappa shape index (κ3) is 2.95. The number of thiophene rings is 1. The van der Waals surface area contributed by atoms with Crippen molar-refractivity contribution in [1.82, 2.24) is 14.9 Å². The molecule has 3 atom stereocenters. The molecule has 4 nitrogen and oxygen atoms in total. The third-order valence-electron chi connectivity index (χ3n) is 4.68. The maximum Gasteiger partial charge on any atom is 0.106 e. The number of imidazole rings is 1. The van der Waals surface area contributed by atoms with E-state index in [0.29, 0.717) is 6.04 Å². The van der Waals surface area contributed by atoms with Gasteiger partial charge in [-0.1, -0.05) is 19.0 Å². The van der Waals surface area contributed by atoms with Gasteiger partial charge in [-0.15, -0.1) is 11.3 Å². The molecule has 126 valence electrons. The van der Waals surface area contributed by atoms with E-state index in [1.807, 2.05) is 17.9 Å². The summed E-state index contributed by atoms with van der Waals surface area (Å²) in [5, 5.41) is 3.67. The number of nitrogens with zero attached hydrogens (tertiary/aromatic N) is 2. The van der Waals surface area contributed by atoms with Crippen molar-refractivity contribution in [2.45, 2.75) is 51.3 Å². The molecule has 1 spiro atoms. The molecule has 6 heteroatoms. The van der Waals surface area contributed by atoms with Gasteiger partial charge in [0.15, 0.2) is 0 Å². The van der Waals surface area contributed by atoms with Crippen LogP contribution in [0.5, 0.6) is 0 Å². The van der Waals surface area contributed by atoms with Gasteiger partial charge in [0.1, 0.15) is 5.60 Å². The number of rotatable bonds is 1. The molecular weight excluding hydrogens is 330 g/mol. The van der Waals surface area contributed by atoms with Gasteiger partial charge >= 0.3 is 0 Å². The molecule has 0 radical (unpaired) electrons. The summed E-state index contributed by atoms with van der Waals surface area (Å²) in [6.07, 6.45) is 6.82. The second-order valence-corrected chi connectivity index (χ2v) is 8.17. The first-order valence-electron chi connectivity index (χ1n) is 7.72. The lowest BCUT2D eigenvalue weighted by molar-refractivity contribution is -0.0957. The number of aryl methyl sites for hydroxylation is 1. The van der Waals surface area contributed by atoms with Crippen LogP contribution in [0.25, 0.3) is 0 Å². The Bertz CT molecular complexity index is 698. The van der Waals surface area contributed by atoms with Gasteiger partial charge < -0.3 is 14.6 Å². The van der Waals surface area contributed by atoms with E-state index in [2.05, 4.69) is 29.5 Å². The Hall–Kier alpha value is -0.880. The van der Waals surface area contributed by atoms with E-state index in [0.717, 1.165) is 35.9 Å². The lowest BCUT2D eigenvalue weighted by Crippen LogP contribution is -2.49. The molecule has 2 aliphatic rings. The second kappa shape index (κ2) is 6.20. The molecule has 0 amide bonds. The maximum absolute atomic E-state index is 6.35. The number of ether oxygens (including phenoxy) is 1. The monoisotopic (exact) mass is 353 g/mol. The Balaban J connectivity index is 0.00000156. The van der Waals surface area contributed by atoms with E-state index in [9.17, 15) is 0 Å². The molecule has 3 unspecified atom stereocenters. The fraction of sp³-hybridized carbons (Fsp3) is 0.588. The van der Waals surface area contributed by atoms with Crippen molar-refractivity contribution in [3.63, 3.8) is 0 Å². The van der Waals surface area contributed by atoms with Gasteiger partial charge in [0.05, 0.1) is 29.0 Å². The number of fused-ring (bicyclic) bond motifs is 2. The summed E-state index contributed by atoms with van der Waals surface area (Å²) in [5.41, 5.74) is 2.25. The van der Waals surface area contributed by atoms with Crippen molar-refractivity contribution >= 4 is 22.9 Å². The van der Waals surface area contributed by atoms with Crippen LogP contribution in [0.15, 0.2) is 18.6 Å². The minimum absolute atomic E-state index is 0. The van der Waals surface area contributed by atoms with Crippen LogP contribution in [0.3, 0.4) is 0 Å². The van der Waals surface area contributed by atoms with Crippen LogP contribution in [0.4, 0.5) is 0 Å². The van der Waals surface area contributed by atoms with Gasteiger partial charge in [0.25, 0.3) is 0 Å². The van der Waals surface area contributed by atoms with E-state index in [4.69, 9.17) is 16.3 Å². The lowest BCUT2D eigenvalue weighted by Gasteiger charge is -2.45. The summed E-state index contributed by atoms with van der Waals surface area (Å²) in [6, 6.07) is 2.72. The van der Waals surface area contributed by atoms with E-state index in [-0.39, 0.29) is 19.1 Å². The van der Waals surface area contributed by atoms with Crippen molar-refractivity contribution in [2.75, 3.05) is 6.61 Å². The van der Waals surface area contributed by atoms with Crippen molar-refractivity contribution < 1.29 is 4.74 Å². The molecular formula is C17H24ClN3OS. The van der Waals surface area contributed by atoms with Gasteiger partial charge in [0.2, 0.25) is 0 Å². The number of hydrogen-bond donors (Lipinski definition) is 1. The first-order valence-corrected chi connectivity index (χ1v) is 8.92. The summed E-state index contributed by atoms with van der Waals surface area (Å²) < 4.78 is 9.22. The molecule has 1 saturated heterocycles. The average molecular weight is 354 g/mol. The molecule has 2 aliphatic heterocycles. The molecule has 23 heavy (non-hydrogen) atoms. The molecule has 0 aromatic carbocycles. The zero-order valence-electron chi connectivity index (χ0n) is 12.8. The highest BCUT2D eigenvalue weighted by molar-refractivity contribution is 7.16. The summed E-state index contributed by atoms with van der Waals surface area (Å²) in [7, 11) is 2.01. The summed E-state index contributed by atoms with van der Waals surface area (Å²) in [5.74, 6) is 0. The fourth-order valence-electron chi connectivity index (χ4n) is 3.86. The molecule has 0 saturated carbocycles. The first kappa shape index (κ1) is 17.0. The first-order chi connectivity index (χ1) is 10.6. The highest BCUT2D eigenvalue weighted by Gasteiger charge is 2.46. The normalized spacial score (nSPS) is 30.0. The number of aromatic nitrogens is 2. The smallest absolute Gasteiger partial charge is 0.106 e. The molecule has 4 rings (SSSR count). The van der Waals surface area contributed by atoms with Crippen LogP contribution in [0.1, 0.15) is 49.4 Å². The molecule has 0 bridgehead atoms. The van der Waals surface area contributed by atoms with Crippen LogP contribution >= 0.6 is 22.9 Å². The third-order valence-corrected chi connectivity index (χ3v) is 6.17. The van der Waals surface area contributed by atoms with Gasteiger partial charge in [-0.05, 0) is 31.4 Å². The maximum atomic E-state index is 6.35. The Morgan fingerprint density at radius 2 is 2.30 bits per heavy atom. The Morgan fingerprint density at radius 1 is 1.48 bits per heavy atom. The lowest BCUT2D eigenvalue weighted by atomic mass is 9.79. The van der Waals surface area contributed by atoms with Crippen LogP contribution in [0, 0.1) is 0 Å². The van der Waals surface area contributed by atoms with Gasteiger partial charge in [0, 0.05) is 30.6 Å². The number of hydrogen-bond acceptors (Lipinski definition) is 4. The SMILES string of the molecule is C.CC1CC2(CC(c3cn(C)cn3)N1)OCCc1cc(Cl)sc12. The highest BCUT2D eigenvalue weighted by Crippen LogP contribution is 2.49. The highest BCUT2D eigenvalue weighted by atomic mass is 35.5. The Morgan fingerprint density at radius 3 is 3.04 bits per heavy atom. The van der Waals surface area contributed by atoms with Crippen LogP contribution in [-0.2, 0) is 23.8 Å². The van der Waals surface area contributed by atoms with Crippen molar-refractivity contribution in [1.29, 1.82) is 0 Å². The van der Waals surface area contributed by atoms with Gasteiger partial charge in [-0.25, -0.2) is 4.98 Å². The molecule has 2 aromatic heterocycles. The zero-order chi connectivity index (χ0) is 15.3. The number of piperidine rings is 1. The van der Waals surface area contributed by atoms with Gasteiger partial charge in [-0.3, -0.25) is 0 Å². The molecule has 0 aliphatic carbocycles. The molecule has 1 N–H and O–H groups in total. The minimum atomic E-state index is -0.210. The zero-order valence-corrected chi connectivity index (χ0v) is 14.4. The standard InChI is InChI=1S/C16H20ClN3OS.CH4/c1-10-6-16(7-12(19-10)13-8-20(2)9-18-13)15-11(3-4-21-16)5-14(17)22-15;/h5,8-10,12,19H,3-4,6-7H2,1-2H3;1H4. The topological polar surface area (TPSA) is 39.1 Å². The van der Waals surface area contributed by atoms with E-state index in [1.54, 1.807) is 11.3 Å². The van der Waals surface area contributed by atoms with Crippen LogP contribution in [-0.4, -0.2) is 22.2 Å². The largest absolute Gasteiger partial charge is 0.369 e. The minimum Gasteiger partial charge on any atom is -0.369 e. The van der Waals surface area contributed by atoms with Crippen molar-refractivity contribution in [3.05, 3.63) is 39.1 Å². The van der Waals surface area contributed by atoms with Crippen LogP contribution in [0.2, 0.25) is 4.34 Å². The average Bonchev–Trinajstić information content (AvgIpc) is 3.04. The predicted octanol–water partition coefficient (Wildman–Crippen LogP) is 4.05. The molecule has 1 fully saturated rings. The second-order valence-electron chi connectivity index (χ2n) is 6.49.